The second-order valence-electron chi connectivity index (χ2n) is 10.1. The molecule has 39 heavy (non-hydrogen) atoms. The molecule has 7 nitrogen and oxygen atoms in total. The fourth-order valence-electron chi connectivity index (χ4n) is 5.10. The van der Waals surface area contributed by atoms with Gasteiger partial charge in [0.2, 0.25) is 5.91 Å². The van der Waals surface area contributed by atoms with Crippen molar-refractivity contribution >= 4 is 46.1 Å². The van der Waals surface area contributed by atoms with Crippen molar-refractivity contribution in [1.82, 2.24) is 14.7 Å². The predicted molar refractivity (Wildman–Crippen MR) is 156 cm³/mol. The van der Waals surface area contributed by atoms with Gasteiger partial charge in [0.25, 0.3) is 0 Å². The van der Waals surface area contributed by atoms with Gasteiger partial charge in [0, 0.05) is 35.1 Å². The molecule has 4 aromatic rings. The van der Waals surface area contributed by atoms with E-state index in [1.165, 1.54) is 6.08 Å². The number of carboxylic acids is 1. The summed E-state index contributed by atoms with van der Waals surface area (Å²) in [7, 11) is 3.99. The summed E-state index contributed by atoms with van der Waals surface area (Å²) in [6, 6.07) is 19.5. The van der Waals surface area contributed by atoms with Crippen LogP contribution >= 0.6 is 11.6 Å². The van der Waals surface area contributed by atoms with Crippen LogP contribution in [-0.4, -0.2) is 51.8 Å². The fraction of sp³-hybridized carbons (Fsp3) is 0.258. The first-order valence-corrected chi connectivity index (χ1v) is 13.4. The highest BCUT2D eigenvalue weighted by Crippen LogP contribution is 2.31. The molecule has 0 bridgehead atoms. The number of aryl methyl sites for hydroxylation is 1. The first-order chi connectivity index (χ1) is 18.8. The van der Waals surface area contributed by atoms with Crippen LogP contribution in [0.25, 0.3) is 28.1 Å². The topological polar surface area (TPSA) is 78.7 Å². The molecule has 0 aliphatic carbocycles. The maximum Gasteiger partial charge on any atom is 0.328 e. The molecule has 200 valence electrons. The van der Waals surface area contributed by atoms with E-state index >= 15 is 0 Å². The highest BCUT2D eigenvalue weighted by molar-refractivity contribution is 6.31. The van der Waals surface area contributed by atoms with Gasteiger partial charge in [-0.15, -0.1) is 0 Å². The Morgan fingerprint density at radius 1 is 1.05 bits per heavy atom. The van der Waals surface area contributed by atoms with Crippen LogP contribution < -0.4 is 4.90 Å². The Morgan fingerprint density at radius 2 is 1.79 bits per heavy atom. The Morgan fingerprint density at radius 3 is 2.54 bits per heavy atom. The maximum atomic E-state index is 13.9. The highest BCUT2D eigenvalue weighted by Gasteiger charge is 2.29. The van der Waals surface area contributed by atoms with E-state index < -0.39 is 5.97 Å². The van der Waals surface area contributed by atoms with E-state index in [0.717, 1.165) is 59.6 Å². The summed E-state index contributed by atoms with van der Waals surface area (Å²) >= 11 is 6.82. The Hall–Kier alpha value is -3.94. The van der Waals surface area contributed by atoms with Crippen molar-refractivity contribution in [3.05, 3.63) is 89.1 Å². The molecule has 1 aliphatic rings. The zero-order valence-electron chi connectivity index (χ0n) is 22.0. The minimum atomic E-state index is -1.02. The van der Waals surface area contributed by atoms with Gasteiger partial charge in [-0.3, -0.25) is 9.48 Å². The van der Waals surface area contributed by atoms with Gasteiger partial charge in [0.05, 0.1) is 18.3 Å². The van der Waals surface area contributed by atoms with Crippen molar-refractivity contribution in [2.24, 2.45) is 13.0 Å². The number of nitrogens with zero attached hydrogens (tertiary/aromatic N) is 4. The van der Waals surface area contributed by atoms with Crippen LogP contribution in [0.2, 0.25) is 5.02 Å². The van der Waals surface area contributed by atoms with Crippen LogP contribution in [0, 0.1) is 5.92 Å². The van der Waals surface area contributed by atoms with E-state index in [9.17, 15) is 9.59 Å². The largest absolute Gasteiger partial charge is 0.478 e. The van der Waals surface area contributed by atoms with Gasteiger partial charge in [0.1, 0.15) is 0 Å². The van der Waals surface area contributed by atoms with Gasteiger partial charge in [-0.05, 0) is 91.6 Å². The number of carbonyl (C=O) groups is 2. The molecule has 2 heterocycles. The van der Waals surface area contributed by atoms with E-state index in [-0.39, 0.29) is 11.8 Å². The predicted octanol–water partition coefficient (Wildman–Crippen LogP) is 5.87. The molecule has 0 radical (unpaired) electrons. The number of halogens is 1. The Kier molecular flexibility index (Phi) is 7.82. The Bertz CT molecular complexity index is 1550. The van der Waals surface area contributed by atoms with Gasteiger partial charge < -0.3 is 14.9 Å². The van der Waals surface area contributed by atoms with Gasteiger partial charge >= 0.3 is 5.97 Å². The molecule has 0 unspecified atom stereocenters. The average Bonchev–Trinajstić information content (AvgIpc) is 3.31. The van der Waals surface area contributed by atoms with E-state index in [1.807, 2.05) is 66.5 Å². The number of benzene rings is 3. The van der Waals surface area contributed by atoms with Gasteiger partial charge in [0.15, 0.2) is 0 Å². The van der Waals surface area contributed by atoms with Crippen LogP contribution in [0.4, 0.5) is 5.69 Å². The first kappa shape index (κ1) is 26.7. The lowest BCUT2D eigenvalue weighted by Gasteiger charge is -2.33. The van der Waals surface area contributed by atoms with Crippen LogP contribution in [0.15, 0.2) is 72.9 Å². The zero-order valence-corrected chi connectivity index (χ0v) is 22.8. The number of carbonyl (C=O) groups excluding carboxylic acids is 1. The molecule has 0 atom stereocenters. The summed E-state index contributed by atoms with van der Waals surface area (Å²) in [5.41, 5.74) is 5.36. The molecule has 1 aromatic heterocycles. The number of hydrogen-bond acceptors (Lipinski definition) is 4. The van der Waals surface area contributed by atoms with Crippen LogP contribution in [-0.2, 0) is 23.2 Å². The van der Waals surface area contributed by atoms with Crippen molar-refractivity contribution < 1.29 is 14.7 Å². The summed E-state index contributed by atoms with van der Waals surface area (Å²) in [4.78, 5) is 28.9. The number of amides is 1. The van der Waals surface area contributed by atoms with E-state index in [1.54, 1.807) is 4.90 Å². The molecule has 1 fully saturated rings. The number of piperidine rings is 1. The SMILES string of the molecule is CN1CCC(C(=O)N(Cc2ccc(-c3ccc4c(cnn4C)c3)cc2Cl)c2cccc(/C=C/C(=O)O)c2)CC1. The Labute approximate surface area is 232 Å². The van der Waals surface area contributed by atoms with Gasteiger partial charge in [-0.2, -0.15) is 5.10 Å². The second-order valence-corrected chi connectivity index (χ2v) is 10.5. The molecule has 8 heteroatoms. The van der Waals surface area contributed by atoms with Crippen molar-refractivity contribution in [3.8, 4) is 11.1 Å². The minimum Gasteiger partial charge on any atom is -0.478 e. The number of aliphatic carboxylic acids is 1. The van der Waals surface area contributed by atoms with Crippen molar-refractivity contribution in [1.29, 1.82) is 0 Å². The molecule has 1 saturated heterocycles. The number of aromatic nitrogens is 2. The van der Waals surface area contributed by atoms with Crippen LogP contribution in [0.3, 0.4) is 0 Å². The second kappa shape index (κ2) is 11.4. The summed E-state index contributed by atoms with van der Waals surface area (Å²) in [6.45, 7) is 2.07. The number of hydrogen-bond donors (Lipinski definition) is 1. The summed E-state index contributed by atoms with van der Waals surface area (Å²) in [5.74, 6) is -1.04. The number of carboxylic acid groups (broad SMARTS) is 1. The monoisotopic (exact) mass is 542 g/mol. The molecule has 1 N–H and O–H groups in total. The van der Waals surface area contributed by atoms with Crippen molar-refractivity contribution in [3.63, 3.8) is 0 Å². The van der Waals surface area contributed by atoms with Crippen LogP contribution in [0.5, 0.6) is 0 Å². The molecule has 0 saturated carbocycles. The molecule has 3 aromatic carbocycles. The van der Waals surface area contributed by atoms with Crippen molar-refractivity contribution in [2.45, 2.75) is 19.4 Å². The lowest BCUT2D eigenvalue weighted by atomic mass is 9.94. The van der Waals surface area contributed by atoms with E-state index in [4.69, 9.17) is 16.7 Å². The quantitative estimate of drug-likeness (QED) is 0.296. The molecule has 0 spiro atoms. The molecule has 1 aliphatic heterocycles. The third kappa shape index (κ3) is 6.05. The third-order valence-corrected chi connectivity index (χ3v) is 7.75. The van der Waals surface area contributed by atoms with E-state index in [2.05, 4.69) is 29.2 Å². The summed E-state index contributed by atoms with van der Waals surface area (Å²) in [5, 5.41) is 15.0. The first-order valence-electron chi connectivity index (χ1n) is 13.0. The van der Waals surface area contributed by atoms with Crippen LogP contribution in [0.1, 0.15) is 24.0 Å². The third-order valence-electron chi connectivity index (χ3n) is 7.40. The number of fused-ring (bicyclic) bond motifs is 1. The molecule has 1 amide bonds. The lowest BCUT2D eigenvalue weighted by molar-refractivity contribution is -0.131. The van der Waals surface area contributed by atoms with Crippen molar-refractivity contribution in [2.75, 3.05) is 25.0 Å². The lowest BCUT2D eigenvalue weighted by Crippen LogP contribution is -2.41. The number of rotatable bonds is 7. The number of anilines is 1. The smallest absolute Gasteiger partial charge is 0.328 e. The maximum absolute atomic E-state index is 13.9. The standard InChI is InChI=1S/C31H31ClN4O3/c1-34-14-12-22(13-15-34)31(39)36(27-5-3-4-21(16-27)6-11-30(37)38)20-25-8-7-24(18-28(25)32)23-9-10-29-26(17-23)19-33-35(29)2/h3-11,16-19,22H,12-15,20H2,1-2H3,(H,37,38)/b11-6+. The van der Waals surface area contributed by atoms with E-state index in [0.29, 0.717) is 22.8 Å². The molecular formula is C31H31ClN4O3. The normalized spacial score (nSPS) is 14.7. The number of likely N-dealkylation sites (tertiary alicyclic amines) is 1. The summed E-state index contributed by atoms with van der Waals surface area (Å²) in [6.07, 6.45) is 6.08. The van der Waals surface area contributed by atoms with Gasteiger partial charge in [-0.25, -0.2) is 4.79 Å². The zero-order chi connectivity index (χ0) is 27.5. The fourth-order valence-corrected chi connectivity index (χ4v) is 5.35. The van der Waals surface area contributed by atoms with Gasteiger partial charge in [-0.1, -0.05) is 41.9 Å². The average molecular weight is 543 g/mol. The Balaban J connectivity index is 1.45. The highest BCUT2D eigenvalue weighted by atomic mass is 35.5. The molecule has 5 rings (SSSR count). The molecular weight excluding hydrogens is 512 g/mol. The minimum absolute atomic E-state index is 0.0598. The summed E-state index contributed by atoms with van der Waals surface area (Å²) < 4.78 is 1.84.